The van der Waals surface area contributed by atoms with Crippen LogP contribution in [0.25, 0.3) is 0 Å². The molecule has 0 unspecified atom stereocenters. The molecule has 0 N–H and O–H groups in total. The fraction of sp³-hybridized carbons (Fsp3) is 0.682. The molecule has 0 atom stereocenters. The second kappa shape index (κ2) is 9.18. The van der Waals surface area contributed by atoms with Gasteiger partial charge in [0.2, 0.25) is 0 Å². The summed E-state index contributed by atoms with van der Waals surface area (Å²) in [6.45, 7) is 18.1. The maximum Gasteiger partial charge on any atom is 0.253 e. The molecule has 5 heteroatoms. The third-order valence-corrected chi connectivity index (χ3v) is 6.08. The third-order valence-electron chi connectivity index (χ3n) is 6.08. The van der Waals surface area contributed by atoms with Crippen LogP contribution in [0.15, 0.2) is 24.3 Å². The average Bonchev–Trinajstić information content (AvgIpc) is 2.68. The minimum absolute atomic E-state index is 0.176. The van der Waals surface area contributed by atoms with Gasteiger partial charge in [0.15, 0.2) is 0 Å². The van der Waals surface area contributed by atoms with Gasteiger partial charge in [0.05, 0.1) is 0 Å². The molecular weight excluding hydrogens is 336 g/mol. The fourth-order valence-electron chi connectivity index (χ4n) is 4.07. The third kappa shape index (κ3) is 5.31. The van der Waals surface area contributed by atoms with Crippen molar-refractivity contribution >= 4 is 5.91 Å². The molecule has 0 aromatic heterocycles. The van der Waals surface area contributed by atoms with Crippen LogP contribution in [-0.2, 0) is 6.54 Å². The number of carbonyl (C=O) groups is 1. The molecule has 1 aromatic carbocycles. The Hall–Kier alpha value is -1.43. The van der Waals surface area contributed by atoms with Gasteiger partial charge in [-0.3, -0.25) is 19.5 Å². The standard InChI is InChI=1S/C22H36N4O/c1-18(2)24-11-9-23(10-12-24)17-20-5-7-21(8-6-20)22(27)26-15-13-25(14-16-26)19(3)4/h5-8,18-19H,9-17H2,1-4H3. The maximum absolute atomic E-state index is 12.8. The van der Waals surface area contributed by atoms with Crippen molar-refractivity contribution in [3.8, 4) is 0 Å². The van der Waals surface area contributed by atoms with E-state index in [2.05, 4.69) is 54.5 Å². The molecule has 0 saturated carbocycles. The zero-order valence-corrected chi connectivity index (χ0v) is 17.5. The van der Waals surface area contributed by atoms with E-state index in [9.17, 15) is 4.79 Å². The van der Waals surface area contributed by atoms with Gasteiger partial charge in [-0.25, -0.2) is 0 Å². The van der Waals surface area contributed by atoms with E-state index in [1.807, 2.05) is 17.0 Å². The molecule has 2 saturated heterocycles. The quantitative estimate of drug-likeness (QED) is 0.794. The Morgan fingerprint density at radius 2 is 1.26 bits per heavy atom. The Labute approximate surface area is 164 Å². The molecule has 1 aromatic rings. The molecule has 27 heavy (non-hydrogen) atoms. The predicted molar refractivity (Wildman–Crippen MR) is 111 cm³/mol. The Bertz CT molecular complexity index is 597. The smallest absolute Gasteiger partial charge is 0.253 e. The summed E-state index contributed by atoms with van der Waals surface area (Å²) in [7, 11) is 0. The number of nitrogens with zero attached hydrogens (tertiary/aromatic N) is 4. The van der Waals surface area contributed by atoms with Gasteiger partial charge in [0.1, 0.15) is 0 Å². The average molecular weight is 373 g/mol. The SMILES string of the molecule is CC(C)N1CCN(Cc2ccc(C(=O)N3CCN(C(C)C)CC3)cc2)CC1. The van der Waals surface area contributed by atoms with Crippen molar-refractivity contribution < 1.29 is 4.79 Å². The van der Waals surface area contributed by atoms with Gasteiger partial charge in [0, 0.05) is 76.5 Å². The maximum atomic E-state index is 12.8. The molecule has 0 radical (unpaired) electrons. The van der Waals surface area contributed by atoms with Gasteiger partial charge in [-0.05, 0) is 45.4 Å². The molecule has 2 aliphatic rings. The summed E-state index contributed by atoms with van der Waals surface area (Å²) in [5.74, 6) is 0.176. The lowest BCUT2D eigenvalue weighted by molar-refractivity contribution is 0.0595. The molecule has 3 rings (SSSR count). The zero-order chi connectivity index (χ0) is 19.4. The van der Waals surface area contributed by atoms with Gasteiger partial charge >= 0.3 is 0 Å². The van der Waals surface area contributed by atoms with Crippen molar-refractivity contribution in [2.24, 2.45) is 0 Å². The highest BCUT2D eigenvalue weighted by Gasteiger charge is 2.23. The lowest BCUT2D eigenvalue weighted by atomic mass is 10.1. The summed E-state index contributed by atoms with van der Waals surface area (Å²) in [4.78, 5) is 22.3. The number of carbonyl (C=O) groups excluding carboxylic acids is 1. The van der Waals surface area contributed by atoms with E-state index in [0.29, 0.717) is 12.1 Å². The summed E-state index contributed by atoms with van der Waals surface area (Å²) in [6, 6.07) is 9.48. The van der Waals surface area contributed by atoms with Gasteiger partial charge in [-0.2, -0.15) is 0 Å². The first-order valence-electron chi connectivity index (χ1n) is 10.5. The predicted octanol–water partition coefficient (Wildman–Crippen LogP) is 2.38. The van der Waals surface area contributed by atoms with Crippen LogP contribution < -0.4 is 0 Å². The van der Waals surface area contributed by atoms with Gasteiger partial charge in [0.25, 0.3) is 5.91 Å². The van der Waals surface area contributed by atoms with Crippen molar-refractivity contribution in [1.82, 2.24) is 19.6 Å². The van der Waals surface area contributed by atoms with Gasteiger partial charge < -0.3 is 4.90 Å². The summed E-state index contributed by atoms with van der Waals surface area (Å²) in [6.07, 6.45) is 0. The molecular formula is C22H36N4O. The first-order chi connectivity index (χ1) is 12.9. The minimum Gasteiger partial charge on any atom is -0.336 e. The van der Waals surface area contributed by atoms with Crippen LogP contribution in [0.3, 0.4) is 0 Å². The first-order valence-corrected chi connectivity index (χ1v) is 10.5. The Morgan fingerprint density at radius 3 is 1.74 bits per heavy atom. The lowest BCUT2D eigenvalue weighted by Gasteiger charge is -2.37. The highest BCUT2D eigenvalue weighted by molar-refractivity contribution is 5.94. The van der Waals surface area contributed by atoms with Crippen LogP contribution in [0.2, 0.25) is 0 Å². The fourth-order valence-corrected chi connectivity index (χ4v) is 4.07. The van der Waals surface area contributed by atoms with Gasteiger partial charge in [-0.1, -0.05) is 12.1 Å². The van der Waals surface area contributed by atoms with Crippen LogP contribution in [0.1, 0.15) is 43.6 Å². The van der Waals surface area contributed by atoms with Crippen LogP contribution in [0, 0.1) is 0 Å². The van der Waals surface area contributed by atoms with E-state index in [0.717, 1.165) is 64.5 Å². The van der Waals surface area contributed by atoms with Crippen LogP contribution in [0.4, 0.5) is 0 Å². The van der Waals surface area contributed by atoms with E-state index in [-0.39, 0.29) is 5.91 Å². The largest absolute Gasteiger partial charge is 0.336 e. The number of piperazine rings is 2. The summed E-state index contributed by atoms with van der Waals surface area (Å²) >= 11 is 0. The number of hydrogen-bond acceptors (Lipinski definition) is 4. The second-order valence-corrected chi connectivity index (χ2v) is 8.52. The van der Waals surface area contributed by atoms with Crippen LogP contribution >= 0.6 is 0 Å². The molecule has 2 aliphatic heterocycles. The molecule has 2 fully saturated rings. The van der Waals surface area contributed by atoms with Crippen molar-refractivity contribution in [2.45, 2.75) is 46.3 Å². The van der Waals surface area contributed by atoms with Crippen molar-refractivity contribution in [3.63, 3.8) is 0 Å². The molecule has 2 heterocycles. The first kappa shape index (κ1) is 20.3. The number of amides is 1. The Morgan fingerprint density at radius 1 is 0.778 bits per heavy atom. The lowest BCUT2D eigenvalue weighted by Crippen LogP contribution is -2.50. The van der Waals surface area contributed by atoms with E-state index in [1.165, 1.54) is 5.56 Å². The molecule has 5 nitrogen and oxygen atoms in total. The Balaban J connectivity index is 1.49. The highest BCUT2D eigenvalue weighted by Crippen LogP contribution is 2.14. The highest BCUT2D eigenvalue weighted by atomic mass is 16.2. The monoisotopic (exact) mass is 372 g/mol. The van der Waals surface area contributed by atoms with Crippen molar-refractivity contribution in [3.05, 3.63) is 35.4 Å². The van der Waals surface area contributed by atoms with E-state index in [1.54, 1.807) is 0 Å². The molecule has 0 bridgehead atoms. The summed E-state index contributed by atoms with van der Waals surface area (Å²) in [5.41, 5.74) is 2.12. The van der Waals surface area contributed by atoms with E-state index >= 15 is 0 Å². The number of hydrogen-bond donors (Lipinski definition) is 0. The number of benzene rings is 1. The van der Waals surface area contributed by atoms with Gasteiger partial charge in [-0.15, -0.1) is 0 Å². The van der Waals surface area contributed by atoms with E-state index < -0.39 is 0 Å². The van der Waals surface area contributed by atoms with Crippen molar-refractivity contribution in [1.29, 1.82) is 0 Å². The number of rotatable bonds is 5. The van der Waals surface area contributed by atoms with Crippen LogP contribution in [-0.4, -0.2) is 89.9 Å². The zero-order valence-electron chi connectivity index (χ0n) is 17.5. The minimum atomic E-state index is 0.176. The van der Waals surface area contributed by atoms with Crippen LogP contribution in [0.5, 0.6) is 0 Å². The summed E-state index contributed by atoms with van der Waals surface area (Å²) in [5, 5.41) is 0. The normalized spacial score (nSPS) is 20.6. The molecule has 1 amide bonds. The molecule has 150 valence electrons. The summed E-state index contributed by atoms with van der Waals surface area (Å²) < 4.78 is 0. The Kier molecular flexibility index (Phi) is 6.90. The van der Waals surface area contributed by atoms with Crippen molar-refractivity contribution in [2.75, 3.05) is 52.4 Å². The second-order valence-electron chi connectivity index (χ2n) is 8.52. The van der Waals surface area contributed by atoms with E-state index in [4.69, 9.17) is 0 Å². The topological polar surface area (TPSA) is 30.0 Å². The molecule has 0 spiro atoms. The molecule has 0 aliphatic carbocycles.